The minimum Gasteiger partial charge on any atom is -0.324 e. The van der Waals surface area contributed by atoms with E-state index in [-0.39, 0.29) is 11.6 Å². The highest BCUT2D eigenvalue weighted by molar-refractivity contribution is 5.89. The van der Waals surface area contributed by atoms with Crippen molar-refractivity contribution in [3.05, 3.63) is 29.8 Å². The number of urea groups is 1. The molecule has 1 heterocycles. The molecule has 5 heteroatoms. The molecule has 2 N–H and O–H groups in total. The molecule has 1 aromatic rings. The summed E-state index contributed by atoms with van der Waals surface area (Å²) in [6.07, 6.45) is 1.88. The Morgan fingerprint density at radius 3 is 2.70 bits per heavy atom. The zero-order valence-corrected chi connectivity index (χ0v) is 11.9. The van der Waals surface area contributed by atoms with Gasteiger partial charge in [-0.05, 0) is 45.0 Å². The van der Waals surface area contributed by atoms with E-state index in [1.165, 1.54) is 0 Å². The third kappa shape index (κ3) is 3.28. The molecule has 20 heavy (non-hydrogen) atoms. The summed E-state index contributed by atoms with van der Waals surface area (Å²) in [5.74, 6) is 0. The second-order valence-corrected chi connectivity index (χ2v) is 5.42. The number of anilines is 1. The van der Waals surface area contributed by atoms with Crippen molar-refractivity contribution in [3.63, 3.8) is 0 Å². The Morgan fingerprint density at radius 1 is 1.40 bits per heavy atom. The van der Waals surface area contributed by atoms with Crippen LogP contribution in [0.3, 0.4) is 0 Å². The quantitative estimate of drug-likeness (QED) is 0.867. The number of hydrogen-bond acceptors (Lipinski definition) is 3. The number of nitrogens with zero attached hydrogens (tertiary/aromatic N) is 2. The van der Waals surface area contributed by atoms with Gasteiger partial charge in [0.1, 0.15) is 0 Å². The van der Waals surface area contributed by atoms with Crippen molar-refractivity contribution in [2.75, 3.05) is 25.5 Å². The van der Waals surface area contributed by atoms with Crippen LogP contribution in [0.4, 0.5) is 10.5 Å². The van der Waals surface area contributed by atoms with Gasteiger partial charge in [0.2, 0.25) is 0 Å². The molecule has 0 aliphatic carbocycles. The van der Waals surface area contributed by atoms with E-state index in [0.717, 1.165) is 25.9 Å². The topological polar surface area (TPSA) is 68.2 Å². The molecule has 2 amide bonds. The van der Waals surface area contributed by atoms with Crippen molar-refractivity contribution < 1.29 is 4.79 Å². The molecular weight excluding hydrogens is 252 g/mol. The number of nitriles is 1. The highest BCUT2D eigenvalue weighted by Crippen LogP contribution is 2.21. The van der Waals surface area contributed by atoms with Crippen LogP contribution in [0.1, 0.15) is 25.3 Å². The summed E-state index contributed by atoms with van der Waals surface area (Å²) < 4.78 is 0. The van der Waals surface area contributed by atoms with Crippen molar-refractivity contribution in [3.8, 4) is 6.07 Å². The molecule has 0 unspecified atom stereocenters. The summed E-state index contributed by atoms with van der Waals surface area (Å²) in [7, 11) is 1.96. The predicted molar refractivity (Wildman–Crippen MR) is 78.4 cm³/mol. The maximum Gasteiger partial charge on any atom is 0.321 e. The Kier molecular flexibility index (Phi) is 4.26. The molecule has 0 spiro atoms. The van der Waals surface area contributed by atoms with E-state index in [9.17, 15) is 4.79 Å². The lowest BCUT2D eigenvalue weighted by molar-refractivity contribution is 0.163. The number of benzene rings is 1. The standard InChI is InChI=1S/C15H20N4O/c1-15(17-2)6-8-19(9-7-15)14(20)18-13-5-3-4-12(10-13)11-16/h3-5,10,17H,6-9H2,1-2H3,(H,18,20). The molecule has 1 fully saturated rings. The average molecular weight is 272 g/mol. The lowest BCUT2D eigenvalue weighted by Crippen LogP contribution is -2.52. The second kappa shape index (κ2) is 5.93. The van der Waals surface area contributed by atoms with Gasteiger partial charge in [-0.2, -0.15) is 5.26 Å². The summed E-state index contributed by atoms with van der Waals surface area (Å²) >= 11 is 0. The number of piperidine rings is 1. The number of carbonyl (C=O) groups excluding carboxylic acids is 1. The van der Waals surface area contributed by atoms with Gasteiger partial charge in [-0.3, -0.25) is 0 Å². The van der Waals surface area contributed by atoms with Gasteiger partial charge in [0, 0.05) is 24.3 Å². The lowest BCUT2D eigenvalue weighted by atomic mass is 9.90. The molecule has 1 aliphatic rings. The van der Waals surface area contributed by atoms with Gasteiger partial charge in [0.25, 0.3) is 0 Å². The van der Waals surface area contributed by atoms with E-state index in [1.807, 2.05) is 11.9 Å². The molecule has 1 saturated heterocycles. The fourth-order valence-corrected chi connectivity index (χ4v) is 2.32. The molecule has 0 aromatic heterocycles. The maximum absolute atomic E-state index is 12.2. The minimum atomic E-state index is -0.0988. The first-order valence-electron chi connectivity index (χ1n) is 6.81. The number of likely N-dealkylation sites (tertiary alicyclic amines) is 1. The van der Waals surface area contributed by atoms with Gasteiger partial charge in [0.15, 0.2) is 0 Å². The summed E-state index contributed by atoms with van der Waals surface area (Å²) in [4.78, 5) is 14.0. The normalized spacial score (nSPS) is 17.4. The maximum atomic E-state index is 12.2. The summed E-state index contributed by atoms with van der Waals surface area (Å²) in [5.41, 5.74) is 1.33. The first-order valence-corrected chi connectivity index (χ1v) is 6.81. The molecule has 1 aromatic carbocycles. The Bertz CT molecular complexity index is 527. The summed E-state index contributed by atoms with van der Waals surface area (Å²) in [6.45, 7) is 3.65. The zero-order chi connectivity index (χ0) is 14.6. The molecule has 2 rings (SSSR count). The first kappa shape index (κ1) is 14.4. The molecule has 1 aliphatic heterocycles. The lowest BCUT2D eigenvalue weighted by Gasteiger charge is -2.39. The van der Waals surface area contributed by atoms with Crippen molar-refractivity contribution in [1.82, 2.24) is 10.2 Å². The van der Waals surface area contributed by atoms with E-state index < -0.39 is 0 Å². The first-order chi connectivity index (χ1) is 9.56. The van der Waals surface area contributed by atoms with Crippen molar-refractivity contribution in [1.29, 1.82) is 5.26 Å². The number of amides is 2. The van der Waals surface area contributed by atoms with Gasteiger partial charge in [-0.1, -0.05) is 6.07 Å². The van der Waals surface area contributed by atoms with E-state index in [4.69, 9.17) is 5.26 Å². The Morgan fingerprint density at radius 2 is 2.10 bits per heavy atom. The predicted octanol–water partition coefficient (Wildman–Crippen LogP) is 2.16. The van der Waals surface area contributed by atoms with E-state index in [1.54, 1.807) is 24.3 Å². The van der Waals surface area contributed by atoms with Crippen LogP contribution in [-0.2, 0) is 0 Å². The van der Waals surface area contributed by atoms with E-state index in [0.29, 0.717) is 11.3 Å². The average Bonchev–Trinajstić information content (AvgIpc) is 2.48. The summed E-state index contributed by atoms with van der Waals surface area (Å²) in [5, 5.41) is 15.0. The van der Waals surface area contributed by atoms with Crippen LogP contribution < -0.4 is 10.6 Å². The van der Waals surface area contributed by atoms with Crippen molar-refractivity contribution in [2.24, 2.45) is 0 Å². The third-order valence-corrected chi connectivity index (χ3v) is 4.00. The molecule has 106 valence electrons. The molecule has 0 atom stereocenters. The Labute approximate surface area is 119 Å². The Hall–Kier alpha value is -2.06. The number of nitrogens with one attached hydrogen (secondary N) is 2. The van der Waals surface area contributed by atoms with Crippen LogP contribution in [0.2, 0.25) is 0 Å². The van der Waals surface area contributed by atoms with Gasteiger partial charge >= 0.3 is 6.03 Å². The number of rotatable bonds is 2. The summed E-state index contributed by atoms with van der Waals surface area (Å²) in [6, 6.07) is 8.92. The second-order valence-electron chi connectivity index (χ2n) is 5.42. The van der Waals surface area contributed by atoms with Crippen LogP contribution in [0.5, 0.6) is 0 Å². The molecule has 0 saturated carbocycles. The number of hydrogen-bond donors (Lipinski definition) is 2. The van der Waals surface area contributed by atoms with E-state index in [2.05, 4.69) is 23.6 Å². The van der Waals surface area contributed by atoms with Gasteiger partial charge in [-0.25, -0.2) is 4.79 Å². The van der Waals surface area contributed by atoms with Crippen LogP contribution in [0.15, 0.2) is 24.3 Å². The fraction of sp³-hybridized carbons (Fsp3) is 0.467. The fourth-order valence-electron chi connectivity index (χ4n) is 2.32. The smallest absolute Gasteiger partial charge is 0.321 e. The van der Waals surface area contributed by atoms with Crippen LogP contribution in [0, 0.1) is 11.3 Å². The van der Waals surface area contributed by atoms with Crippen molar-refractivity contribution in [2.45, 2.75) is 25.3 Å². The highest BCUT2D eigenvalue weighted by Gasteiger charge is 2.30. The SMILES string of the molecule is CNC1(C)CCN(C(=O)Nc2cccc(C#N)c2)CC1. The van der Waals surface area contributed by atoms with Gasteiger partial charge < -0.3 is 15.5 Å². The van der Waals surface area contributed by atoms with Gasteiger partial charge in [0.05, 0.1) is 11.6 Å². The highest BCUT2D eigenvalue weighted by atomic mass is 16.2. The monoisotopic (exact) mass is 272 g/mol. The van der Waals surface area contributed by atoms with Crippen LogP contribution >= 0.6 is 0 Å². The molecular formula is C15H20N4O. The third-order valence-electron chi connectivity index (χ3n) is 4.00. The Balaban J connectivity index is 1.94. The minimum absolute atomic E-state index is 0.0988. The van der Waals surface area contributed by atoms with Crippen LogP contribution in [0.25, 0.3) is 0 Å². The molecule has 0 bridgehead atoms. The largest absolute Gasteiger partial charge is 0.324 e. The van der Waals surface area contributed by atoms with E-state index >= 15 is 0 Å². The van der Waals surface area contributed by atoms with Crippen LogP contribution in [-0.4, -0.2) is 36.6 Å². The molecule has 0 radical (unpaired) electrons. The van der Waals surface area contributed by atoms with Crippen molar-refractivity contribution >= 4 is 11.7 Å². The van der Waals surface area contributed by atoms with Gasteiger partial charge in [-0.15, -0.1) is 0 Å². The number of carbonyl (C=O) groups is 1. The zero-order valence-electron chi connectivity index (χ0n) is 11.9. The molecule has 5 nitrogen and oxygen atoms in total.